The van der Waals surface area contributed by atoms with E-state index in [1.165, 1.54) is 25.9 Å². The number of ether oxygens (including phenoxy) is 1. The van der Waals surface area contributed by atoms with Gasteiger partial charge in [0.25, 0.3) is 0 Å². The van der Waals surface area contributed by atoms with E-state index in [9.17, 15) is 0 Å². The maximum atomic E-state index is 5.44. The van der Waals surface area contributed by atoms with Crippen LogP contribution < -0.4 is 10.1 Å². The minimum Gasteiger partial charge on any atom is -0.497 e. The lowest BCUT2D eigenvalue weighted by atomic mass is 10.1. The van der Waals surface area contributed by atoms with Crippen LogP contribution in [-0.2, 0) is 0 Å². The minimum atomic E-state index is 0. The zero-order chi connectivity index (χ0) is 19.6. The number of anilines is 1. The lowest BCUT2D eigenvalue weighted by molar-refractivity contribution is 0.243. The van der Waals surface area contributed by atoms with Crippen LogP contribution in [0.1, 0.15) is 47.0 Å². The number of halogens is 1. The van der Waals surface area contributed by atoms with Crippen molar-refractivity contribution in [2.24, 2.45) is 11.8 Å². The summed E-state index contributed by atoms with van der Waals surface area (Å²) in [5.74, 6) is 2.39. The topological polar surface area (TPSA) is 37.4 Å². The summed E-state index contributed by atoms with van der Waals surface area (Å²) in [6, 6.07) is 8.13. The van der Waals surface area contributed by atoms with Crippen molar-refractivity contribution in [1.29, 1.82) is 0 Å². The Morgan fingerprint density at radius 2 is 1.71 bits per heavy atom. The maximum Gasteiger partial charge on any atom is 0.121 e. The van der Waals surface area contributed by atoms with Gasteiger partial charge in [-0.3, -0.25) is 4.98 Å². The molecule has 2 rings (SSSR count). The number of nitrogens with one attached hydrogen (secondary N) is 1. The molecule has 1 N–H and O–H groups in total. The first kappa shape index (κ1) is 24.5. The van der Waals surface area contributed by atoms with Crippen molar-refractivity contribution in [3.05, 3.63) is 30.5 Å². The first-order chi connectivity index (χ1) is 13.0. The molecule has 0 radical (unpaired) electrons. The molecule has 0 saturated carbocycles. The Labute approximate surface area is 177 Å². The first-order valence-corrected chi connectivity index (χ1v) is 10.4. The van der Waals surface area contributed by atoms with Gasteiger partial charge >= 0.3 is 0 Å². The van der Waals surface area contributed by atoms with Crippen molar-refractivity contribution in [2.75, 3.05) is 38.6 Å². The Balaban J connectivity index is 0.00000392. The van der Waals surface area contributed by atoms with E-state index in [1.807, 2.05) is 24.4 Å². The molecule has 5 heteroatoms. The summed E-state index contributed by atoms with van der Waals surface area (Å²) in [5.41, 5.74) is 2.07. The molecule has 0 aliphatic carbocycles. The van der Waals surface area contributed by atoms with Gasteiger partial charge in [-0.25, -0.2) is 0 Å². The van der Waals surface area contributed by atoms with Gasteiger partial charge in [0.1, 0.15) is 5.75 Å². The third-order valence-electron chi connectivity index (χ3n) is 4.93. The molecule has 1 aromatic carbocycles. The second kappa shape index (κ2) is 12.8. The minimum absolute atomic E-state index is 0. The van der Waals surface area contributed by atoms with Gasteiger partial charge < -0.3 is 15.0 Å². The second-order valence-corrected chi connectivity index (χ2v) is 8.24. The third-order valence-corrected chi connectivity index (χ3v) is 4.93. The van der Waals surface area contributed by atoms with Crippen LogP contribution in [0.5, 0.6) is 5.75 Å². The first-order valence-electron chi connectivity index (χ1n) is 10.4. The van der Waals surface area contributed by atoms with E-state index in [-0.39, 0.29) is 12.4 Å². The summed E-state index contributed by atoms with van der Waals surface area (Å²) in [5, 5.41) is 4.68. The number of hydrogen-bond acceptors (Lipinski definition) is 4. The molecule has 1 heterocycles. The molecular formula is C23H38ClN3O. The van der Waals surface area contributed by atoms with Crippen LogP contribution >= 0.6 is 12.4 Å². The molecule has 0 spiro atoms. The fourth-order valence-corrected chi connectivity index (χ4v) is 3.16. The summed E-state index contributed by atoms with van der Waals surface area (Å²) in [6.07, 6.45) is 5.52. The van der Waals surface area contributed by atoms with Gasteiger partial charge in [-0.2, -0.15) is 0 Å². The third kappa shape index (κ3) is 8.24. The SMILES string of the molecule is COc1cc(NCCCN(CCC(C)C)CCC(C)C)c2ncccc2c1.Cl. The lowest BCUT2D eigenvalue weighted by Gasteiger charge is -2.24. The molecule has 0 atom stereocenters. The highest BCUT2D eigenvalue weighted by Gasteiger charge is 2.09. The highest BCUT2D eigenvalue weighted by Crippen LogP contribution is 2.27. The molecule has 0 fully saturated rings. The zero-order valence-electron chi connectivity index (χ0n) is 18.2. The number of hydrogen-bond donors (Lipinski definition) is 1. The standard InChI is InChI=1S/C23H37N3O.ClH/c1-18(2)9-14-26(15-10-19(3)4)13-7-12-24-22-17-21(27-5)16-20-8-6-11-25-23(20)22;/h6,8,11,16-19,24H,7,9-10,12-15H2,1-5H3;1H. The van der Waals surface area contributed by atoms with E-state index in [2.05, 4.69) is 49.0 Å². The van der Waals surface area contributed by atoms with Crippen LogP contribution in [0.4, 0.5) is 5.69 Å². The Bertz CT molecular complexity index is 679. The lowest BCUT2D eigenvalue weighted by Crippen LogP contribution is -2.30. The molecule has 0 saturated heterocycles. The quantitative estimate of drug-likeness (QED) is 0.447. The van der Waals surface area contributed by atoms with Crippen LogP contribution in [0, 0.1) is 11.8 Å². The average Bonchev–Trinajstić information content (AvgIpc) is 2.65. The number of benzene rings is 1. The fourth-order valence-electron chi connectivity index (χ4n) is 3.16. The van der Waals surface area contributed by atoms with Crippen LogP contribution in [0.3, 0.4) is 0 Å². The number of methoxy groups -OCH3 is 1. The molecule has 4 nitrogen and oxygen atoms in total. The Kier molecular flexibility index (Phi) is 11.2. The van der Waals surface area contributed by atoms with Crippen LogP contribution in [-0.4, -0.2) is 43.2 Å². The number of fused-ring (bicyclic) bond motifs is 1. The number of aromatic nitrogens is 1. The maximum absolute atomic E-state index is 5.44. The largest absolute Gasteiger partial charge is 0.497 e. The van der Waals surface area contributed by atoms with Gasteiger partial charge in [-0.05, 0) is 62.9 Å². The molecular weight excluding hydrogens is 370 g/mol. The Morgan fingerprint density at radius 1 is 1.04 bits per heavy atom. The van der Waals surface area contributed by atoms with E-state index in [1.54, 1.807) is 7.11 Å². The summed E-state index contributed by atoms with van der Waals surface area (Å²) in [7, 11) is 1.71. The summed E-state index contributed by atoms with van der Waals surface area (Å²) < 4.78 is 5.44. The van der Waals surface area contributed by atoms with Crippen LogP contribution in [0.25, 0.3) is 10.9 Å². The van der Waals surface area contributed by atoms with Crippen molar-refractivity contribution < 1.29 is 4.74 Å². The fraction of sp³-hybridized carbons (Fsp3) is 0.609. The van der Waals surface area contributed by atoms with E-state index in [4.69, 9.17) is 4.74 Å². The van der Waals surface area contributed by atoms with Crippen molar-refractivity contribution in [2.45, 2.75) is 47.0 Å². The molecule has 0 unspecified atom stereocenters. The predicted molar refractivity (Wildman–Crippen MR) is 124 cm³/mol. The van der Waals surface area contributed by atoms with Crippen molar-refractivity contribution >= 4 is 29.0 Å². The highest BCUT2D eigenvalue weighted by molar-refractivity contribution is 5.91. The summed E-state index contributed by atoms with van der Waals surface area (Å²) >= 11 is 0. The van der Waals surface area contributed by atoms with Crippen LogP contribution in [0.15, 0.2) is 30.5 Å². The molecule has 0 aliphatic heterocycles. The van der Waals surface area contributed by atoms with E-state index < -0.39 is 0 Å². The van der Waals surface area contributed by atoms with E-state index >= 15 is 0 Å². The highest BCUT2D eigenvalue weighted by atomic mass is 35.5. The zero-order valence-corrected chi connectivity index (χ0v) is 19.0. The van der Waals surface area contributed by atoms with Gasteiger partial charge in [-0.15, -0.1) is 12.4 Å². The van der Waals surface area contributed by atoms with E-state index in [0.29, 0.717) is 0 Å². The van der Waals surface area contributed by atoms with Crippen LogP contribution in [0.2, 0.25) is 0 Å². The normalized spacial score (nSPS) is 11.3. The van der Waals surface area contributed by atoms with Crippen molar-refractivity contribution in [3.63, 3.8) is 0 Å². The number of nitrogens with zero attached hydrogens (tertiary/aromatic N) is 2. The molecule has 1 aromatic heterocycles. The smallest absolute Gasteiger partial charge is 0.121 e. The van der Waals surface area contributed by atoms with Gasteiger partial charge in [0.15, 0.2) is 0 Å². The van der Waals surface area contributed by atoms with Gasteiger partial charge in [0.05, 0.1) is 18.3 Å². The average molecular weight is 408 g/mol. The monoisotopic (exact) mass is 407 g/mol. The summed E-state index contributed by atoms with van der Waals surface area (Å²) in [4.78, 5) is 7.17. The van der Waals surface area contributed by atoms with Crippen molar-refractivity contribution in [1.82, 2.24) is 9.88 Å². The molecule has 2 aromatic rings. The Morgan fingerprint density at radius 3 is 2.32 bits per heavy atom. The number of rotatable bonds is 12. The number of pyridine rings is 1. The summed E-state index contributed by atoms with van der Waals surface area (Å²) in [6.45, 7) is 13.7. The second-order valence-electron chi connectivity index (χ2n) is 8.24. The van der Waals surface area contributed by atoms with Gasteiger partial charge in [0.2, 0.25) is 0 Å². The van der Waals surface area contributed by atoms with Gasteiger partial charge in [-0.1, -0.05) is 33.8 Å². The van der Waals surface area contributed by atoms with Crippen molar-refractivity contribution in [3.8, 4) is 5.75 Å². The predicted octanol–water partition coefficient (Wildman–Crippen LogP) is 5.86. The van der Waals surface area contributed by atoms with Gasteiger partial charge in [0, 0.05) is 24.2 Å². The molecule has 158 valence electrons. The molecule has 28 heavy (non-hydrogen) atoms. The molecule has 0 bridgehead atoms. The van der Waals surface area contributed by atoms with E-state index in [0.717, 1.165) is 53.7 Å². The Hall–Kier alpha value is -1.52. The molecule has 0 amide bonds. The molecule has 0 aliphatic rings.